The average Bonchev–Trinajstić information content (AvgIpc) is 2.32. The van der Waals surface area contributed by atoms with E-state index in [1.807, 2.05) is 26.0 Å². The van der Waals surface area contributed by atoms with Gasteiger partial charge in [-0.2, -0.15) is 0 Å². The Morgan fingerprint density at radius 1 is 1.28 bits per heavy atom. The summed E-state index contributed by atoms with van der Waals surface area (Å²) in [6.45, 7) is 3.91. The Balaban J connectivity index is 2.65. The van der Waals surface area contributed by atoms with Crippen LogP contribution in [0.4, 0.5) is 11.6 Å². The Morgan fingerprint density at radius 3 is 2.61 bits per heavy atom. The highest BCUT2D eigenvalue weighted by Gasteiger charge is 2.18. The highest BCUT2D eigenvalue weighted by Crippen LogP contribution is 2.28. The third-order valence-corrected chi connectivity index (χ3v) is 2.77. The van der Waals surface area contributed by atoms with Gasteiger partial charge in [-0.3, -0.25) is 10.1 Å². The topological polar surface area (TPSA) is 94.9 Å². The van der Waals surface area contributed by atoms with Crippen LogP contribution in [0, 0.1) is 24.0 Å². The maximum Gasteiger partial charge on any atom is 0.313 e. The molecule has 1 aromatic heterocycles. The second-order valence-electron chi connectivity index (χ2n) is 4.02. The summed E-state index contributed by atoms with van der Waals surface area (Å²) in [5.41, 5.74) is 8.41. The molecule has 0 amide bonds. The van der Waals surface area contributed by atoms with E-state index in [9.17, 15) is 10.1 Å². The van der Waals surface area contributed by atoms with Crippen LogP contribution in [0.3, 0.4) is 0 Å². The zero-order valence-corrected chi connectivity index (χ0v) is 10.0. The number of hydrogen-bond acceptors (Lipinski definition) is 5. The summed E-state index contributed by atoms with van der Waals surface area (Å²) in [4.78, 5) is 18.0. The smallest absolute Gasteiger partial charge is 0.313 e. The first-order chi connectivity index (χ1) is 8.49. The molecule has 0 bridgehead atoms. The molecule has 1 heterocycles. The number of nitro groups is 1. The van der Waals surface area contributed by atoms with Gasteiger partial charge in [0.1, 0.15) is 6.20 Å². The maximum absolute atomic E-state index is 10.9. The van der Waals surface area contributed by atoms with Gasteiger partial charge in [-0.1, -0.05) is 12.1 Å². The molecule has 0 atom stereocenters. The summed E-state index contributed by atoms with van der Waals surface area (Å²) in [6, 6.07) is 5.54. The Hall–Kier alpha value is -2.50. The van der Waals surface area contributed by atoms with Crippen LogP contribution >= 0.6 is 0 Å². The minimum Gasteiger partial charge on any atom is -0.368 e. The predicted octanol–water partition coefficient (Wildman–Crippen LogP) is 2.25. The third kappa shape index (κ3) is 2.13. The summed E-state index contributed by atoms with van der Waals surface area (Å²) in [5, 5.41) is 10.9. The average molecular weight is 244 g/mol. The van der Waals surface area contributed by atoms with Crippen LogP contribution in [0.25, 0.3) is 11.3 Å². The highest BCUT2D eigenvalue weighted by atomic mass is 16.6. The van der Waals surface area contributed by atoms with Crippen molar-refractivity contribution < 1.29 is 4.92 Å². The molecule has 0 saturated carbocycles. The van der Waals surface area contributed by atoms with Gasteiger partial charge in [-0.25, -0.2) is 9.97 Å². The van der Waals surface area contributed by atoms with E-state index in [0.29, 0.717) is 5.56 Å². The fraction of sp³-hybridized carbons (Fsp3) is 0.167. The Labute approximate surface area is 104 Å². The SMILES string of the molecule is Cc1ccc(-c2nc(N)ncc2[N+](=O)[O-])cc1C. The molecule has 0 fully saturated rings. The van der Waals surface area contributed by atoms with Gasteiger partial charge in [-0.15, -0.1) is 0 Å². The first kappa shape index (κ1) is 12.0. The maximum atomic E-state index is 10.9. The van der Waals surface area contributed by atoms with Gasteiger partial charge in [0.15, 0.2) is 5.69 Å². The number of nitrogens with zero attached hydrogens (tertiary/aromatic N) is 3. The molecule has 0 saturated heterocycles. The van der Waals surface area contributed by atoms with Crippen LogP contribution in [-0.2, 0) is 0 Å². The Morgan fingerprint density at radius 2 is 2.00 bits per heavy atom. The van der Waals surface area contributed by atoms with E-state index >= 15 is 0 Å². The number of nitrogens with two attached hydrogens (primary N) is 1. The lowest BCUT2D eigenvalue weighted by atomic mass is 10.0. The van der Waals surface area contributed by atoms with Gasteiger partial charge in [0.25, 0.3) is 0 Å². The van der Waals surface area contributed by atoms with Crippen molar-refractivity contribution in [2.75, 3.05) is 5.73 Å². The zero-order chi connectivity index (χ0) is 13.3. The molecule has 0 unspecified atom stereocenters. The van der Waals surface area contributed by atoms with Crippen molar-refractivity contribution in [3.8, 4) is 11.3 Å². The number of anilines is 1. The lowest BCUT2D eigenvalue weighted by molar-refractivity contribution is -0.384. The van der Waals surface area contributed by atoms with Crippen molar-refractivity contribution in [3.63, 3.8) is 0 Å². The van der Waals surface area contributed by atoms with Crippen LogP contribution in [0.1, 0.15) is 11.1 Å². The van der Waals surface area contributed by atoms with Crippen LogP contribution < -0.4 is 5.73 Å². The molecule has 2 aromatic rings. The lowest BCUT2D eigenvalue weighted by Crippen LogP contribution is -2.01. The molecule has 18 heavy (non-hydrogen) atoms. The predicted molar refractivity (Wildman–Crippen MR) is 68.0 cm³/mol. The normalized spacial score (nSPS) is 10.3. The zero-order valence-electron chi connectivity index (χ0n) is 10.0. The van der Waals surface area contributed by atoms with Crippen molar-refractivity contribution in [1.29, 1.82) is 0 Å². The van der Waals surface area contributed by atoms with E-state index in [-0.39, 0.29) is 17.3 Å². The van der Waals surface area contributed by atoms with Crippen molar-refractivity contribution >= 4 is 11.6 Å². The first-order valence-electron chi connectivity index (χ1n) is 5.33. The number of aryl methyl sites for hydroxylation is 2. The summed E-state index contributed by atoms with van der Waals surface area (Å²) in [6.07, 6.45) is 1.13. The molecule has 92 valence electrons. The van der Waals surface area contributed by atoms with Gasteiger partial charge < -0.3 is 5.73 Å². The van der Waals surface area contributed by atoms with E-state index in [1.165, 1.54) is 0 Å². The van der Waals surface area contributed by atoms with Crippen LogP contribution in [0.15, 0.2) is 24.4 Å². The van der Waals surface area contributed by atoms with E-state index in [4.69, 9.17) is 5.73 Å². The van der Waals surface area contributed by atoms with Crippen LogP contribution in [0.2, 0.25) is 0 Å². The molecular weight excluding hydrogens is 232 g/mol. The molecule has 0 aliphatic heterocycles. The van der Waals surface area contributed by atoms with Crippen LogP contribution in [0.5, 0.6) is 0 Å². The molecular formula is C12H12N4O2. The van der Waals surface area contributed by atoms with Gasteiger partial charge >= 0.3 is 5.69 Å². The van der Waals surface area contributed by atoms with Gasteiger partial charge in [0.05, 0.1) is 4.92 Å². The van der Waals surface area contributed by atoms with Gasteiger partial charge in [-0.05, 0) is 31.0 Å². The molecule has 0 spiro atoms. The molecule has 0 aliphatic carbocycles. The Bertz CT molecular complexity index is 625. The number of nitrogen functional groups attached to an aromatic ring is 1. The summed E-state index contributed by atoms with van der Waals surface area (Å²) in [5.74, 6) is 0.0221. The fourth-order valence-electron chi connectivity index (χ4n) is 1.62. The number of aromatic nitrogens is 2. The second-order valence-corrected chi connectivity index (χ2v) is 4.02. The standard InChI is InChI=1S/C12H12N4O2/c1-7-3-4-9(5-8(7)2)11-10(16(17)18)6-14-12(13)15-11/h3-6H,1-2H3,(H2,13,14,15). The summed E-state index contributed by atoms with van der Waals surface area (Å²) in [7, 11) is 0. The van der Waals surface area contributed by atoms with E-state index in [0.717, 1.165) is 17.3 Å². The second kappa shape index (κ2) is 4.40. The molecule has 2 N–H and O–H groups in total. The van der Waals surface area contributed by atoms with Gasteiger partial charge in [0.2, 0.25) is 5.95 Å². The molecule has 6 heteroatoms. The molecule has 1 aromatic carbocycles. The van der Waals surface area contributed by atoms with Crippen molar-refractivity contribution in [2.24, 2.45) is 0 Å². The lowest BCUT2D eigenvalue weighted by Gasteiger charge is -2.05. The molecule has 6 nitrogen and oxygen atoms in total. The molecule has 0 aliphatic rings. The third-order valence-electron chi connectivity index (χ3n) is 2.77. The van der Waals surface area contributed by atoms with E-state index in [2.05, 4.69) is 9.97 Å². The van der Waals surface area contributed by atoms with E-state index < -0.39 is 4.92 Å². The molecule has 2 rings (SSSR count). The van der Waals surface area contributed by atoms with Crippen molar-refractivity contribution in [1.82, 2.24) is 9.97 Å². The van der Waals surface area contributed by atoms with Crippen molar-refractivity contribution in [2.45, 2.75) is 13.8 Å². The number of rotatable bonds is 2. The van der Waals surface area contributed by atoms with Crippen LogP contribution in [-0.4, -0.2) is 14.9 Å². The fourth-order valence-corrected chi connectivity index (χ4v) is 1.62. The first-order valence-corrected chi connectivity index (χ1v) is 5.33. The monoisotopic (exact) mass is 244 g/mol. The minimum absolute atomic E-state index is 0.0221. The quantitative estimate of drug-likeness (QED) is 0.645. The minimum atomic E-state index is -0.510. The summed E-state index contributed by atoms with van der Waals surface area (Å²) < 4.78 is 0. The number of hydrogen-bond donors (Lipinski definition) is 1. The van der Waals surface area contributed by atoms with E-state index in [1.54, 1.807) is 6.07 Å². The Kier molecular flexibility index (Phi) is 2.93. The van der Waals surface area contributed by atoms with Gasteiger partial charge in [0, 0.05) is 5.56 Å². The summed E-state index contributed by atoms with van der Waals surface area (Å²) >= 11 is 0. The number of benzene rings is 1. The largest absolute Gasteiger partial charge is 0.368 e. The highest BCUT2D eigenvalue weighted by molar-refractivity contribution is 5.70. The van der Waals surface area contributed by atoms with Crippen molar-refractivity contribution in [3.05, 3.63) is 45.6 Å². The molecule has 0 radical (unpaired) electrons.